The number of aromatic nitrogens is 1. The molecule has 256 valence electrons. The fourth-order valence-corrected chi connectivity index (χ4v) is 7.36. The summed E-state index contributed by atoms with van der Waals surface area (Å²) in [5, 5.41) is 4.80. The minimum absolute atomic E-state index is 0.0531. The monoisotopic (exact) mass is 673 g/mol. The summed E-state index contributed by atoms with van der Waals surface area (Å²) in [6, 6.07) is 2.52. The summed E-state index contributed by atoms with van der Waals surface area (Å²) in [6.07, 6.45) is 7.57. The molecule has 4 amide bonds. The molecule has 2 aliphatic carbocycles. The van der Waals surface area contributed by atoms with E-state index in [0.29, 0.717) is 25.7 Å². The first-order valence-electron chi connectivity index (χ1n) is 16.2. The number of sulfonamides is 1. The molecule has 0 aromatic carbocycles. The summed E-state index contributed by atoms with van der Waals surface area (Å²) in [5.74, 6) is -3.27. The number of alkyl carbamates (subject to hydrolysis) is 1. The third-order valence-electron chi connectivity index (χ3n) is 8.68. The molecule has 47 heavy (non-hydrogen) atoms. The van der Waals surface area contributed by atoms with E-state index in [4.69, 9.17) is 9.47 Å². The van der Waals surface area contributed by atoms with E-state index in [-0.39, 0.29) is 31.5 Å². The smallest absolute Gasteiger partial charge is 0.408 e. The van der Waals surface area contributed by atoms with Crippen LogP contribution in [0.3, 0.4) is 0 Å². The molecular formula is C32H43N5O9S. The van der Waals surface area contributed by atoms with E-state index < -0.39 is 80.3 Å². The lowest BCUT2D eigenvalue weighted by atomic mass is 10.0. The Morgan fingerprint density at radius 1 is 1.09 bits per heavy atom. The number of hydrogen-bond acceptors (Lipinski definition) is 10. The van der Waals surface area contributed by atoms with Crippen molar-refractivity contribution in [1.29, 1.82) is 0 Å². The molecule has 5 unspecified atom stereocenters. The lowest BCUT2D eigenvalue weighted by Gasteiger charge is -2.30. The van der Waals surface area contributed by atoms with Crippen molar-refractivity contribution in [2.24, 2.45) is 5.92 Å². The minimum Gasteiger partial charge on any atom is -0.456 e. The van der Waals surface area contributed by atoms with Crippen molar-refractivity contribution in [2.75, 3.05) is 6.54 Å². The number of esters is 1. The number of hydrogen-bond donors (Lipinski definition) is 3. The Kier molecular flexibility index (Phi) is 9.94. The van der Waals surface area contributed by atoms with Crippen LogP contribution in [0.2, 0.25) is 0 Å². The normalized spacial score (nSPS) is 28.4. The highest BCUT2D eigenvalue weighted by Crippen LogP contribution is 2.46. The molecule has 3 fully saturated rings. The molecule has 1 saturated heterocycles. The van der Waals surface area contributed by atoms with Gasteiger partial charge in [-0.2, -0.15) is 0 Å². The molecule has 5 rings (SSSR count). The van der Waals surface area contributed by atoms with Crippen molar-refractivity contribution in [3.63, 3.8) is 0 Å². The Bertz CT molecular complexity index is 1520. The molecule has 15 heteroatoms. The van der Waals surface area contributed by atoms with Crippen LogP contribution in [-0.4, -0.2) is 89.2 Å². The van der Waals surface area contributed by atoms with Gasteiger partial charge >= 0.3 is 12.1 Å². The number of carbonyl (C=O) groups is 5. The molecule has 14 nitrogen and oxygen atoms in total. The van der Waals surface area contributed by atoms with Crippen LogP contribution < -0.4 is 15.4 Å². The third-order valence-corrected chi connectivity index (χ3v) is 10.5. The Balaban J connectivity index is 1.42. The molecule has 5 atom stereocenters. The first-order chi connectivity index (χ1) is 22.2. The largest absolute Gasteiger partial charge is 0.456 e. The van der Waals surface area contributed by atoms with E-state index in [1.165, 1.54) is 17.2 Å². The zero-order chi connectivity index (χ0) is 34.0. The Labute approximate surface area is 274 Å². The first-order valence-corrected chi connectivity index (χ1v) is 17.7. The first kappa shape index (κ1) is 34.3. The number of nitrogens with one attached hydrogen (secondary N) is 3. The number of pyridine rings is 1. The zero-order valence-electron chi connectivity index (χ0n) is 26.9. The van der Waals surface area contributed by atoms with Crippen molar-refractivity contribution in [2.45, 2.75) is 113 Å². The molecule has 2 saturated carbocycles. The van der Waals surface area contributed by atoms with Gasteiger partial charge in [-0.05, 0) is 71.4 Å². The van der Waals surface area contributed by atoms with Crippen molar-refractivity contribution in [3.8, 4) is 0 Å². The second kappa shape index (κ2) is 13.6. The van der Waals surface area contributed by atoms with Gasteiger partial charge in [0, 0.05) is 18.5 Å². The third kappa shape index (κ3) is 8.48. The van der Waals surface area contributed by atoms with E-state index in [1.54, 1.807) is 32.9 Å². The summed E-state index contributed by atoms with van der Waals surface area (Å²) in [5.41, 5.74) is -2.29. The predicted molar refractivity (Wildman–Crippen MR) is 168 cm³/mol. The van der Waals surface area contributed by atoms with Gasteiger partial charge in [-0.3, -0.25) is 19.1 Å². The van der Waals surface area contributed by atoms with Crippen LogP contribution >= 0.6 is 0 Å². The van der Waals surface area contributed by atoms with E-state index in [9.17, 15) is 32.4 Å². The van der Waals surface area contributed by atoms with Gasteiger partial charge in [0.1, 0.15) is 35.0 Å². The van der Waals surface area contributed by atoms with Gasteiger partial charge in [0.15, 0.2) is 0 Å². The van der Waals surface area contributed by atoms with Gasteiger partial charge in [0.2, 0.25) is 21.8 Å². The number of rotatable bonds is 6. The van der Waals surface area contributed by atoms with Crippen LogP contribution in [0, 0.1) is 5.92 Å². The molecular weight excluding hydrogens is 630 g/mol. The van der Waals surface area contributed by atoms with Crippen LogP contribution in [0.5, 0.6) is 0 Å². The Hall–Kier alpha value is -4.01. The number of carbonyl (C=O) groups excluding carboxylic acids is 5. The maximum absolute atomic E-state index is 14.1. The molecule has 4 aliphatic rings. The fourth-order valence-electron chi connectivity index (χ4n) is 5.99. The summed E-state index contributed by atoms with van der Waals surface area (Å²) in [7, 11) is -3.89. The van der Waals surface area contributed by atoms with Crippen LogP contribution in [-0.2, 0) is 33.9 Å². The molecule has 1 aromatic rings. The highest BCUT2D eigenvalue weighted by atomic mass is 32.2. The standard InChI is InChI=1S/C32H43N5O9S/c1-31(2,3)46-30(42)34-23-12-8-6-4-5-7-11-20-18-32(20,29(41)36-47(43,44)22-14-15-22)35-26(38)25-17-21(19-37(25)27(23)39)45-28(40)24-13-9-10-16-33-24/h7,9-11,13,16,20-23,25H,4-6,8,12,14-15,17-19H2,1-3H3,(H,34,42)(H,35,38)(H,36,41). The van der Waals surface area contributed by atoms with Crippen LogP contribution in [0.4, 0.5) is 4.79 Å². The van der Waals surface area contributed by atoms with E-state index in [1.807, 2.05) is 12.2 Å². The number of allylic oxidation sites excluding steroid dienone is 1. The Morgan fingerprint density at radius 3 is 2.53 bits per heavy atom. The Morgan fingerprint density at radius 2 is 1.85 bits per heavy atom. The second-order valence-electron chi connectivity index (χ2n) is 13.7. The van der Waals surface area contributed by atoms with Gasteiger partial charge in [-0.15, -0.1) is 0 Å². The van der Waals surface area contributed by atoms with Crippen molar-refractivity contribution in [3.05, 3.63) is 42.2 Å². The zero-order valence-corrected chi connectivity index (χ0v) is 27.7. The van der Waals surface area contributed by atoms with Gasteiger partial charge < -0.3 is 25.0 Å². The fraction of sp³-hybridized carbons (Fsp3) is 0.625. The van der Waals surface area contributed by atoms with Crippen molar-refractivity contribution in [1.82, 2.24) is 25.2 Å². The maximum atomic E-state index is 14.1. The predicted octanol–water partition coefficient (Wildman–Crippen LogP) is 2.10. The highest BCUT2D eigenvalue weighted by molar-refractivity contribution is 7.91. The van der Waals surface area contributed by atoms with Gasteiger partial charge in [0.05, 0.1) is 11.8 Å². The maximum Gasteiger partial charge on any atom is 0.408 e. The van der Waals surface area contributed by atoms with Gasteiger partial charge in [-0.25, -0.2) is 23.0 Å². The summed E-state index contributed by atoms with van der Waals surface area (Å²) < 4.78 is 38.6. The average Bonchev–Trinajstić information content (AvgIpc) is 3.92. The summed E-state index contributed by atoms with van der Waals surface area (Å²) in [6.45, 7) is 4.95. The molecule has 0 radical (unpaired) electrons. The van der Waals surface area contributed by atoms with E-state index in [2.05, 4.69) is 20.3 Å². The lowest BCUT2D eigenvalue weighted by molar-refractivity contribution is -0.141. The van der Waals surface area contributed by atoms with E-state index in [0.717, 1.165) is 12.8 Å². The number of amides is 4. The van der Waals surface area contributed by atoms with Crippen LogP contribution in [0.15, 0.2) is 36.5 Å². The highest BCUT2D eigenvalue weighted by Gasteiger charge is 2.62. The molecule has 1 aromatic heterocycles. The lowest BCUT2D eigenvalue weighted by Crippen LogP contribution is -2.58. The molecule has 3 heterocycles. The van der Waals surface area contributed by atoms with Crippen LogP contribution in [0.1, 0.15) is 89.0 Å². The van der Waals surface area contributed by atoms with E-state index >= 15 is 0 Å². The van der Waals surface area contributed by atoms with Crippen LogP contribution in [0.25, 0.3) is 0 Å². The SMILES string of the molecule is CC(C)(C)OC(=O)NC1CCCCCC=CC2CC2(C(=O)NS(=O)(=O)C2CC2)NC(=O)C2CC(OC(=O)c3ccccn3)CN2C1=O. The quantitative estimate of drug-likeness (QED) is 0.298. The second-order valence-corrected chi connectivity index (χ2v) is 15.7. The minimum atomic E-state index is -3.89. The van der Waals surface area contributed by atoms with Crippen molar-refractivity contribution < 1.29 is 41.9 Å². The molecule has 2 aliphatic heterocycles. The van der Waals surface area contributed by atoms with Crippen molar-refractivity contribution >= 4 is 39.8 Å². The number of nitrogens with zero attached hydrogens (tertiary/aromatic N) is 2. The number of fused-ring (bicyclic) bond motifs is 2. The summed E-state index contributed by atoms with van der Waals surface area (Å²) >= 11 is 0. The molecule has 0 bridgehead atoms. The molecule has 3 N–H and O–H groups in total. The average molecular weight is 674 g/mol. The molecule has 0 spiro atoms. The van der Waals surface area contributed by atoms with Gasteiger partial charge in [0.25, 0.3) is 5.91 Å². The topological polar surface area (TPSA) is 190 Å². The number of ether oxygens (including phenoxy) is 2. The van der Waals surface area contributed by atoms with Gasteiger partial charge in [-0.1, -0.05) is 31.1 Å². The summed E-state index contributed by atoms with van der Waals surface area (Å²) in [4.78, 5) is 72.6.